The molecule has 0 saturated carbocycles. The summed E-state index contributed by atoms with van der Waals surface area (Å²) in [6.07, 6.45) is 3.88. The molecule has 1 fully saturated rings. The molecule has 0 unspecified atom stereocenters. The molecule has 0 spiro atoms. The lowest BCUT2D eigenvalue weighted by atomic mass is 9.72. The zero-order valence-electron chi connectivity index (χ0n) is 15.7. The first-order valence-electron chi connectivity index (χ1n) is 9.35. The largest absolute Gasteiger partial charge is 0.369 e. The van der Waals surface area contributed by atoms with Gasteiger partial charge in [-0.2, -0.15) is 0 Å². The molecule has 1 saturated heterocycles. The van der Waals surface area contributed by atoms with Gasteiger partial charge in [-0.25, -0.2) is 4.98 Å². The van der Waals surface area contributed by atoms with Crippen LogP contribution in [0, 0.1) is 0 Å². The molecule has 5 nitrogen and oxygen atoms in total. The SMILES string of the molecule is CCNC(=O)c1ccc(NCC2(c3ccccc3)CCN(C)CC2)nc1. The van der Waals surface area contributed by atoms with Crippen molar-refractivity contribution in [3.63, 3.8) is 0 Å². The Hall–Kier alpha value is -2.40. The molecule has 0 radical (unpaired) electrons. The topological polar surface area (TPSA) is 57.3 Å². The Kier molecular flexibility index (Phi) is 5.89. The molecular formula is C21H28N4O. The van der Waals surface area contributed by atoms with E-state index in [9.17, 15) is 4.79 Å². The van der Waals surface area contributed by atoms with Crippen molar-refractivity contribution in [1.29, 1.82) is 0 Å². The van der Waals surface area contributed by atoms with Crippen LogP contribution in [0.3, 0.4) is 0 Å². The van der Waals surface area contributed by atoms with E-state index in [0.717, 1.165) is 38.3 Å². The summed E-state index contributed by atoms with van der Waals surface area (Å²) in [5.41, 5.74) is 2.10. The Morgan fingerprint density at radius 1 is 1.15 bits per heavy atom. The molecule has 1 aliphatic heterocycles. The van der Waals surface area contributed by atoms with Gasteiger partial charge in [-0.3, -0.25) is 4.79 Å². The van der Waals surface area contributed by atoms with Gasteiger partial charge in [-0.15, -0.1) is 0 Å². The Morgan fingerprint density at radius 2 is 1.88 bits per heavy atom. The van der Waals surface area contributed by atoms with Crippen LogP contribution in [0.1, 0.15) is 35.7 Å². The average molecular weight is 352 g/mol. The normalized spacial score (nSPS) is 16.8. The van der Waals surface area contributed by atoms with Gasteiger partial charge in [0.1, 0.15) is 5.82 Å². The molecular weight excluding hydrogens is 324 g/mol. The number of nitrogens with one attached hydrogen (secondary N) is 2. The second-order valence-electron chi connectivity index (χ2n) is 7.09. The van der Waals surface area contributed by atoms with Gasteiger partial charge in [0.25, 0.3) is 5.91 Å². The molecule has 1 aliphatic rings. The molecule has 1 aromatic heterocycles. The molecule has 1 aromatic carbocycles. The van der Waals surface area contributed by atoms with Crippen molar-refractivity contribution in [3.05, 3.63) is 59.8 Å². The molecule has 0 aliphatic carbocycles. The molecule has 3 rings (SSSR count). The third-order valence-electron chi connectivity index (χ3n) is 5.30. The smallest absolute Gasteiger partial charge is 0.252 e. The summed E-state index contributed by atoms with van der Waals surface area (Å²) in [5.74, 6) is 0.731. The lowest BCUT2D eigenvalue weighted by Crippen LogP contribution is -2.45. The Labute approximate surface area is 155 Å². The van der Waals surface area contributed by atoms with E-state index in [1.165, 1.54) is 5.56 Å². The van der Waals surface area contributed by atoms with Gasteiger partial charge in [0, 0.05) is 24.7 Å². The van der Waals surface area contributed by atoms with Gasteiger partial charge in [-0.05, 0) is 57.6 Å². The van der Waals surface area contributed by atoms with Crippen molar-refractivity contribution >= 4 is 11.7 Å². The second kappa shape index (κ2) is 8.32. The number of hydrogen-bond acceptors (Lipinski definition) is 4. The lowest BCUT2D eigenvalue weighted by molar-refractivity contribution is 0.0955. The number of carbonyl (C=O) groups excluding carboxylic acids is 1. The highest BCUT2D eigenvalue weighted by atomic mass is 16.1. The molecule has 138 valence electrons. The summed E-state index contributed by atoms with van der Waals surface area (Å²) in [5, 5.41) is 6.30. The minimum absolute atomic E-state index is 0.0809. The van der Waals surface area contributed by atoms with Crippen molar-refractivity contribution in [2.45, 2.75) is 25.2 Å². The first-order chi connectivity index (χ1) is 12.6. The van der Waals surface area contributed by atoms with Gasteiger partial charge in [-0.1, -0.05) is 30.3 Å². The summed E-state index contributed by atoms with van der Waals surface area (Å²) >= 11 is 0. The fraction of sp³-hybridized carbons (Fsp3) is 0.429. The molecule has 2 N–H and O–H groups in total. The first kappa shape index (κ1) is 18.4. The summed E-state index contributed by atoms with van der Waals surface area (Å²) in [6.45, 7) is 5.57. The van der Waals surface area contributed by atoms with E-state index in [0.29, 0.717) is 12.1 Å². The summed E-state index contributed by atoms with van der Waals surface area (Å²) in [4.78, 5) is 18.7. The average Bonchev–Trinajstić information content (AvgIpc) is 2.69. The van der Waals surface area contributed by atoms with E-state index in [2.05, 4.69) is 57.9 Å². The van der Waals surface area contributed by atoms with E-state index in [1.807, 2.05) is 19.1 Å². The van der Waals surface area contributed by atoms with Crippen molar-refractivity contribution in [2.24, 2.45) is 0 Å². The van der Waals surface area contributed by atoms with Gasteiger partial charge < -0.3 is 15.5 Å². The van der Waals surface area contributed by atoms with Crippen LogP contribution in [0.15, 0.2) is 48.7 Å². The highest BCUT2D eigenvalue weighted by Crippen LogP contribution is 2.35. The first-order valence-corrected chi connectivity index (χ1v) is 9.35. The monoisotopic (exact) mass is 352 g/mol. The molecule has 0 bridgehead atoms. The van der Waals surface area contributed by atoms with Crippen LogP contribution in [0.4, 0.5) is 5.82 Å². The van der Waals surface area contributed by atoms with Crippen LogP contribution in [-0.2, 0) is 5.41 Å². The number of hydrogen-bond donors (Lipinski definition) is 2. The molecule has 26 heavy (non-hydrogen) atoms. The number of anilines is 1. The van der Waals surface area contributed by atoms with Crippen LogP contribution in [-0.4, -0.2) is 49.0 Å². The molecule has 5 heteroatoms. The Bertz CT molecular complexity index is 707. The van der Waals surface area contributed by atoms with E-state index in [-0.39, 0.29) is 11.3 Å². The molecule has 0 atom stereocenters. The number of piperidine rings is 1. The van der Waals surface area contributed by atoms with E-state index >= 15 is 0 Å². The van der Waals surface area contributed by atoms with Crippen molar-refractivity contribution in [3.8, 4) is 0 Å². The highest BCUT2D eigenvalue weighted by Gasteiger charge is 2.35. The number of aromatic nitrogens is 1. The predicted octanol–water partition coefficient (Wildman–Crippen LogP) is 2.91. The fourth-order valence-electron chi connectivity index (χ4n) is 3.56. The summed E-state index contributed by atoms with van der Waals surface area (Å²) < 4.78 is 0. The zero-order chi connectivity index (χ0) is 18.4. The Balaban J connectivity index is 1.71. The maximum Gasteiger partial charge on any atom is 0.252 e. The highest BCUT2D eigenvalue weighted by molar-refractivity contribution is 5.93. The van der Waals surface area contributed by atoms with Crippen LogP contribution >= 0.6 is 0 Å². The number of benzene rings is 1. The zero-order valence-corrected chi connectivity index (χ0v) is 15.7. The van der Waals surface area contributed by atoms with Crippen LogP contribution in [0.25, 0.3) is 0 Å². The van der Waals surface area contributed by atoms with Gasteiger partial charge in [0.05, 0.1) is 5.56 Å². The number of carbonyl (C=O) groups is 1. The fourth-order valence-corrected chi connectivity index (χ4v) is 3.56. The maximum absolute atomic E-state index is 11.9. The standard InChI is InChI=1S/C21H28N4O/c1-3-22-20(26)17-9-10-19(23-15-17)24-16-21(11-13-25(2)14-12-21)18-7-5-4-6-8-18/h4-10,15H,3,11-14,16H2,1-2H3,(H,22,26)(H,23,24). The Morgan fingerprint density at radius 3 is 2.50 bits per heavy atom. The van der Waals surface area contributed by atoms with Crippen LogP contribution in [0.2, 0.25) is 0 Å². The quantitative estimate of drug-likeness (QED) is 0.839. The second-order valence-corrected chi connectivity index (χ2v) is 7.09. The number of amides is 1. The van der Waals surface area contributed by atoms with Crippen molar-refractivity contribution in [2.75, 3.05) is 38.5 Å². The minimum Gasteiger partial charge on any atom is -0.369 e. The molecule has 2 aromatic rings. The third kappa shape index (κ3) is 4.22. The minimum atomic E-state index is -0.0809. The van der Waals surface area contributed by atoms with Crippen LogP contribution in [0.5, 0.6) is 0 Å². The summed E-state index contributed by atoms with van der Waals surface area (Å²) in [7, 11) is 2.18. The van der Waals surface area contributed by atoms with E-state index < -0.39 is 0 Å². The molecule has 1 amide bonds. The third-order valence-corrected chi connectivity index (χ3v) is 5.30. The lowest BCUT2D eigenvalue weighted by Gasteiger charge is -2.41. The van der Waals surface area contributed by atoms with Crippen LogP contribution < -0.4 is 10.6 Å². The van der Waals surface area contributed by atoms with Gasteiger partial charge in [0.15, 0.2) is 0 Å². The predicted molar refractivity (Wildman–Crippen MR) is 106 cm³/mol. The number of pyridine rings is 1. The summed E-state index contributed by atoms with van der Waals surface area (Å²) in [6, 6.07) is 14.5. The number of nitrogens with zero attached hydrogens (tertiary/aromatic N) is 2. The van der Waals surface area contributed by atoms with E-state index in [1.54, 1.807) is 6.20 Å². The number of likely N-dealkylation sites (tertiary alicyclic amines) is 1. The maximum atomic E-state index is 11.9. The number of rotatable bonds is 6. The van der Waals surface area contributed by atoms with Gasteiger partial charge in [0.2, 0.25) is 0 Å². The van der Waals surface area contributed by atoms with Gasteiger partial charge >= 0.3 is 0 Å². The molecule has 2 heterocycles. The van der Waals surface area contributed by atoms with Crippen molar-refractivity contribution < 1.29 is 4.79 Å². The van der Waals surface area contributed by atoms with E-state index in [4.69, 9.17) is 0 Å². The van der Waals surface area contributed by atoms with Crippen molar-refractivity contribution in [1.82, 2.24) is 15.2 Å².